The van der Waals surface area contributed by atoms with Crippen molar-refractivity contribution in [3.8, 4) is 0 Å². The van der Waals surface area contributed by atoms with Crippen molar-refractivity contribution in [2.75, 3.05) is 31.1 Å². The monoisotopic (exact) mass is 514 g/mol. The number of halogens is 2. The molecule has 2 aliphatic heterocycles. The number of nitrogens with zero attached hydrogens (tertiary/aromatic N) is 5. The van der Waals surface area contributed by atoms with Gasteiger partial charge < -0.3 is 10.2 Å². The topological polar surface area (TPSA) is 66.3 Å². The van der Waals surface area contributed by atoms with Gasteiger partial charge in [-0.2, -0.15) is 5.10 Å². The summed E-state index contributed by atoms with van der Waals surface area (Å²) in [5.41, 5.74) is 2.48. The number of carbonyl (C=O) groups excluding carboxylic acids is 1. The molecule has 1 saturated heterocycles. The Labute approximate surface area is 213 Å². The number of amides is 1. The number of benzene rings is 1. The first-order valence-electron chi connectivity index (χ1n) is 12.9. The number of aryl methyl sites for hydroxylation is 1. The van der Waals surface area contributed by atoms with Crippen LogP contribution < -0.4 is 10.2 Å². The predicted octanol–water partition coefficient (Wildman–Crippen LogP) is 4.22. The van der Waals surface area contributed by atoms with Gasteiger partial charge in [-0.05, 0) is 57.1 Å². The van der Waals surface area contributed by atoms with E-state index in [0.29, 0.717) is 11.5 Å². The summed E-state index contributed by atoms with van der Waals surface area (Å²) in [4.78, 5) is 23.0. The van der Waals surface area contributed by atoms with E-state index in [1.165, 1.54) is 4.88 Å². The van der Waals surface area contributed by atoms with E-state index in [4.69, 9.17) is 0 Å². The van der Waals surface area contributed by atoms with Crippen LogP contribution in [-0.4, -0.2) is 63.7 Å². The zero-order chi connectivity index (χ0) is 24.9. The highest BCUT2D eigenvalue weighted by Crippen LogP contribution is 2.37. The number of thiazole rings is 1. The molecule has 0 spiro atoms. The Morgan fingerprint density at radius 2 is 2.03 bits per heavy atom. The summed E-state index contributed by atoms with van der Waals surface area (Å²) in [5.74, 6) is -1.92. The first-order chi connectivity index (χ1) is 17.3. The van der Waals surface area contributed by atoms with Gasteiger partial charge in [-0.15, -0.1) is 11.3 Å². The molecule has 0 radical (unpaired) electrons. The summed E-state index contributed by atoms with van der Waals surface area (Å²) in [5, 5.41) is 9.44. The molecule has 0 unspecified atom stereocenters. The molecule has 2 aromatic heterocycles. The van der Waals surface area contributed by atoms with Gasteiger partial charge in [0.1, 0.15) is 5.52 Å². The molecule has 4 heterocycles. The first-order valence-corrected chi connectivity index (χ1v) is 13.7. The van der Waals surface area contributed by atoms with Gasteiger partial charge in [0.25, 0.3) is 11.8 Å². The third kappa shape index (κ3) is 4.85. The van der Waals surface area contributed by atoms with Gasteiger partial charge >= 0.3 is 0 Å². The lowest BCUT2D eigenvalue weighted by atomic mass is 9.84. The summed E-state index contributed by atoms with van der Waals surface area (Å²) < 4.78 is 28.2. The molecule has 1 amide bonds. The van der Waals surface area contributed by atoms with E-state index >= 15 is 0 Å². The number of hydrogen-bond acceptors (Lipinski definition) is 6. The standard InChI is InChI=1S/C26H32F2N6OS/c1-32-13-18-3-2-4-20(23(18)31-32)24(35)29-19-7-5-17(6-8-19)9-11-33-12-10-22-21(14-33)30-25(36-22)34-15-26(27,28)16-34/h2-4,13,17,19H,5-12,14-16H2,1H3,(H,29,35)/t17-,19-. The minimum absolute atomic E-state index is 0.0311. The Hall–Kier alpha value is -2.59. The maximum Gasteiger partial charge on any atom is 0.282 e. The minimum Gasteiger partial charge on any atom is -0.349 e. The number of anilines is 1. The Morgan fingerprint density at radius 1 is 1.22 bits per heavy atom. The van der Waals surface area contributed by atoms with Gasteiger partial charge in [0.05, 0.1) is 24.3 Å². The van der Waals surface area contributed by atoms with E-state index < -0.39 is 5.92 Å². The number of nitrogens with one attached hydrogen (secondary N) is 1. The van der Waals surface area contributed by atoms with Gasteiger partial charge in [0.2, 0.25) is 0 Å². The largest absolute Gasteiger partial charge is 0.349 e. The van der Waals surface area contributed by atoms with Crippen molar-refractivity contribution in [2.24, 2.45) is 13.0 Å². The molecule has 6 rings (SSSR count). The lowest BCUT2D eigenvalue weighted by Gasteiger charge is -2.38. The van der Waals surface area contributed by atoms with Crippen molar-refractivity contribution >= 4 is 33.3 Å². The van der Waals surface area contributed by atoms with E-state index in [-0.39, 0.29) is 25.0 Å². The number of aromatic nitrogens is 3. The lowest BCUT2D eigenvalue weighted by molar-refractivity contribution is -0.0263. The van der Waals surface area contributed by atoms with Gasteiger partial charge in [-0.25, -0.2) is 13.8 Å². The molecule has 0 bridgehead atoms. The molecular formula is C26H32F2N6OS. The molecule has 3 aromatic rings. The van der Waals surface area contributed by atoms with E-state index in [2.05, 4.69) is 20.3 Å². The highest BCUT2D eigenvalue weighted by Gasteiger charge is 2.45. The van der Waals surface area contributed by atoms with E-state index in [1.807, 2.05) is 31.4 Å². The van der Waals surface area contributed by atoms with Crippen LogP contribution in [0, 0.1) is 5.92 Å². The highest BCUT2D eigenvalue weighted by molar-refractivity contribution is 7.15. The third-order valence-corrected chi connectivity index (χ3v) is 9.06. The SMILES string of the molecule is Cn1cc2cccc(C(=O)N[C@H]3CC[C@H](CCN4CCc5sc(N6CC(F)(F)C6)nc5C4)CC3)c2n1. The van der Waals surface area contributed by atoms with Crippen molar-refractivity contribution in [3.63, 3.8) is 0 Å². The average molecular weight is 515 g/mol. The van der Waals surface area contributed by atoms with Gasteiger partial charge in [0, 0.05) is 42.6 Å². The highest BCUT2D eigenvalue weighted by atomic mass is 32.1. The first kappa shape index (κ1) is 23.8. The maximum absolute atomic E-state index is 13.2. The fourth-order valence-corrected chi connectivity index (χ4v) is 6.84. The summed E-state index contributed by atoms with van der Waals surface area (Å²) >= 11 is 1.59. The Morgan fingerprint density at radius 3 is 2.81 bits per heavy atom. The van der Waals surface area contributed by atoms with Gasteiger partial charge in [0.15, 0.2) is 5.13 Å². The Bertz CT molecular complexity index is 1260. The molecule has 7 nitrogen and oxygen atoms in total. The quantitative estimate of drug-likeness (QED) is 0.534. The smallest absolute Gasteiger partial charge is 0.282 e. The second-order valence-electron chi connectivity index (χ2n) is 10.6. The Kier molecular flexibility index (Phi) is 6.19. The number of rotatable bonds is 6. The molecule has 1 saturated carbocycles. The number of hydrogen-bond donors (Lipinski definition) is 1. The van der Waals surface area contributed by atoms with Crippen molar-refractivity contribution in [2.45, 2.75) is 57.0 Å². The van der Waals surface area contributed by atoms with Crippen LogP contribution in [0.25, 0.3) is 10.9 Å². The zero-order valence-corrected chi connectivity index (χ0v) is 21.4. The van der Waals surface area contributed by atoms with Gasteiger partial charge in [-0.3, -0.25) is 14.4 Å². The second-order valence-corrected chi connectivity index (χ2v) is 11.7. The molecule has 1 aromatic carbocycles. The minimum atomic E-state index is -2.56. The van der Waals surface area contributed by atoms with E-state index in [0.717, 1.165) is 79.9 Å². The summed E-state index contributed by atoms with van der Waals surface area (Å²) in [6.45, 7) is 2.46. The van der Waals surface area contributed by atoms with Crippen molar-refractivity contribution in [3.05, 3.63) is 40.5 Å². The molecule has 10 heteroatoms. The van der Waals surface area contributed by atoms with Crippen molar-refractivity contribution in [1.29, 1.82) is 0 Å². The summed E-state index contributed by atoms with van der Waals surface area (Å²) in [6.07, 6.45) is 8.31. The van der Waals surface area contributed by atoms with Crippen LogP contribution >= 0.6 is 11.3 Å². The predicted molar refractivity (Wildman–Crippen MR) is 137 cm³/mol. The summed E-state index contributed by atoms with van der Waals surface area (Å²) in [6, 6.07) is 5.96. The van der Waals surface area contributed by atoms with Crippen LogP contribution in [0.1, 0.15) is 53.0 Å². The fraction of sp³-hybridized carbons (Fsp3) is 0.577. The van der Waals surface area contributed by atoms with Crippen molar-refractivity contribution < 1.29 is 13.6 Å². The number of fused-ring (bicyclic) bond motifs is 2. The van der Waals surface area contributed by atoms with E-state index in [1.54, 1.807) is 20.9 Å². The third-order valence-electron chi connectivity index (χ3n) is 7.84. The molecule has 1 N–H and O–H groups in total. The molecule has 0 atom stereocenters. The van der Waals surface area contributed by atoms with Crippen LogP contribution in [0.3, 0.4) is 0 Å². The molecule has 192 valence electrons. The normalized spacial score (nSPS) is 23.9. The number of alkyl halides is 2. The molecule has 3 aliphatic rings. The number of carbonyl (C=O) groups is 1. The molecule has 2 fully saturated rings. The van der Waals surface area contributed by atoms with Crippen molar-refractivity contribution in [1.82, 2.24) is 25.0 Å². The van der Waals surface area contributed by atoms with Crippen LogP contribution in [0.2, 0.25) is 0 Å². The second kappa shape index (κ2) is 9.37. The van der Waals surface area contributed by atoms with Gasteiger partial charge in [-0.1, -0.05) is 12.1 Å². The zero-order valence-electron chi connectivity index (χ0n) is 20.6. The average Bonchev–Trinajstić information content (AvgIpc) is 3.43. The maximum atomic E-state index is 13.2. The van der Waals surface area contributed by atoms with E-state index in [9.17, 15) is 13.6 Å². The van der Waals surface area contributed by atoms with Crippen LogP contribution in [-0.2, 0) is 20.0 Å². The van der Waals surface area contributed by atoms with Crippen LogP contribution in [0.4, 0.5) is 13.9 Å². The fourth-order valence-electron chi connectivity index (χ4n) is 5.78. The lowest BCUT2D eigenvalue weighted by Crippen LogP contribution is -2.56. The summed E-state index contributed by atoms with van der Waals surface area (Å²) in [7, 11) is 1.87. The molecule has 36 heavy (non-hydrogen) atoms. The molecular weight excluding hydrogens is 482 g/mol. The van der Waals surface area contributed by atoms with Crippen LogP contribution in [0.15, 0.2) is 24.4 Å². The van der Waals surface area contributed by atoms with Crippen LogP contribution in [0.5, 0.6) is 0 Å². The molecule has 1 aliphatic carbocycles. The Balaban J connectivity index is 0.959.